The van der Waals surface area contributed by atoms with Crippen molar-refractivity contribution in [3.05, 3.63) is 82.0 Å². The third-order valence-corrected chi connectivity index (χ3v) is 4.93. The summed E-state index contributed by atoms with van der Waals surface area (Å²) in [4.78, 5) is 25.7. The topological polar surface area (TPSA) is 77.6 Å². The Morgan fingerprint density at radius 3 is 2.67 bits per heavy atom. The molecule has 0 saturated carbocycles. The molecule has 4 rings (SSSR count). The summed E-state index contributed by atoms with van der Waals surface area (Å²) in [7, 11) is 1.61. The molecule has 0 aliphatic heterocycles. The number of carbonyl (C=O) groups excluding carboxylic acids is 1. The monoisotopic (exact) mass is 408 g/mol. The van der Waals surface area contributed by atoms with Crippen LogP contribution in [-0.4, -0.2) is 40.3 Å². The van der Waals surface area contributed by atoms with Crippen LogP contribution in [0.1, 0.15) is 22.3 Å². The van der Waals surface area contributed by atoms with Crippen LogP contribution in [0.2, 0.25) is 0 Å². The molecule has 0 atom stereocenters. The lowest BCUT2D eigenvalue weighted by Crippen LogP contribution is -2.26. The van der Waals surface area contributed by atoms with E-state index < -0.39 is 0 Å². The average molecular weight is 408 g/mol. The largest absolute Gasteiger partial charge is 0.385 e. The van der Waals surface area contributed by atoms with Gasteiger partial charge in [0, 0.05) is 25.8 Å². The Labute approximate surface area is 171 Å². The van der Waals surface area contributed by atoms with E-state index in [-0.39, 0.29) is 23.8 Å². The molecule has 1 amide bonds. The predicted octanol–water partition coefficient (Wildman–Crippen LogP) is 2.60. The molecule has 8 heteroatoms. The highest BCUT2D eigenvalue weighted by atomic mass is 19.1. The lowest BCUT2D eigenvalue weighted by atomic mass is 10.1. The van der Waals surface area contributed by atoms with Gasteiger partial charge in [0.2, 0.25) is 0 Å². The molecule has 0 radical (unpaired) electrons. The van der Waals surface area contributed by atoms with Crippen molar-refractivity contribution in [3.8, 4) is 0 Å². The number of nitrogens with zero attached hydrogens (tertiary/aromatic N) is 3. The molecule has 7 nitrogen and oxygen atoms in total. The van der Waals surface area contributed by atoms with Crippen LogP contribution in [0.25, 0.3) is 16.6 Å². The third-order valence-electron chi connectivity index (χ3n) is 4.93. The summed E-state index contributed by atoms with van der Waals surface area (Å²) in [6, 6.07) is 12.8. The molecule has 154 valence electrons. The number of halogens is 1. The van der Waals surface area contributed by atoms with E-state index in [0.29, 0.717) is 41.7 Å². The molecule has 0 unspecified atom stereocenters. The van der Waals surface area contributed by atoms with Crippen molar-refractivity contribution >= 4 is 22.5 Å². The number of methoxy groups -OCH3 is 1. The number of carbonyl (C=O) groups is 1. The minimum Gasteiger partial charge on any atom is -0.385 e. The van der Waals surface area contributed by atoms with E-state index in [2.05, 4.69) is 10.4 Å². The molecular formula is C22H21FN4O3. The Morgan fingerprint density at radius 2 is 1.90 bits per heavy atom. The Hall–Kier alpha value is -3.52. The lowest BCUT2D eigenvalue weighted by molar-refractivity contribution is 0.0948. The highest BCUT2D eigenvalue weighted by Crippen LogP contribution is 2.18. The number of fused-ring (bicyclic) bond motifs is 3. The van der Waals surface area contributed by atoms with Crippen LogP contribution >= 0.6 is 0 Å². The van der Waals surface area contributed by atoms with E-state index in [4.69, 9.17) is 4.74 Å². The van der Waals surface area contributed by atoms with E-state index in [1.165, 1.54) is 12.1 Å². The summed E-state index contributed by atoms with van der Waals surface area (Å²) >= 11 is 0. The zero-order valence-corrected chi connectivity index (χ0v) is 16.5. The number of ether oxygens (including phenoxy) is 1. The van der Waals surface area contributed by atoms with Crippen molar-refractivity contribution in [2.24, 2.45) is 0 Å². The minimum atomic E-state index is -0.338. The third kappa shape index (κ3) is 3.81. The molecule has 0 spiro atoms. The van der Waals surface area contributed by atoms with Gasteiger partial charge in [-0.15, -0.1) is 0 Å². The highest BCUT2D eigenvalue weighted by Gasteiger charge is 2.15. The van der Waals surface area contributed by atoms with Gasteiger partial charge in [0.05, 0.1) is 23.8 Å². The summed E-state index contributed by atoms with van der Waals surface area (Å²) < 4.78 is 21.4. The zero-order valence-electron chi connectivity index (χ0n) is 16.5. The standard InChI is InChI=1S/C22H21FN4O3/c1-30-12-2-10-24-21(28)16-5-8-18-20(13-16)26(14-15-3-6-17(23)7-4-15)22(29)19-9-11-25-27(18)19/h3-9,11,13H,2,10,12,14H2,1H3,(H,24,28). The first-order valence-corrected chi connectivity index (χ1v) is 9.60. The average Bonchev–Trinajstić information content (AvgIpc) is 3.25. The molecule has 0 saturated heterocycles. The normalized spacial score (nSPS) is 11.3. The summed E-state index contributed by atoms with van der Waals surface area (Å²) in [5.74, 6) is -0.566. The van der Waals surface area contributed by atoms with Crippen LogP contribution in [0.4, 0.5) is 4.39 Å². The van der Waals surface area contributed by atoms with Crippen molar-refractivity contribution in [3.63, 3.8) is 0 Å². The summed E-state index contributed by atoms with van der Waals surface area (Å²) in [5.41, 5.74) is 2.69. The van der Waals surface area contributed by atoms with Crippen molar-refractivity contribution in [2.75, 3.05) is 20.3 Å². The quantitative estimate of drug-likeness (QED) is 0.477. The van der Waals surface area contributed by atoms with Gasteiger partial charge in [-0.1, -0.05) is 12.1 Å². The second-order valence-corrected chi connectivity index (χ2v) is 6.95. The maximum Gasteiger partial charge on any atom is 0.277 e. The number of nitrogens with one attached hydrogen (secondary N) is 1. The van der Waals surface area contributed by atoms with E-state index in [0.717, 1.165) is 5.56 Å². The molecule has 0 fully saturated rings. The van der Waals surface area contributed by atoms with Crippen LogP contribution in [0.15, 0.2) is 59.5 Å². The first-order valence-electron chi connectivity index (χ1n) is 9.60. The Kier molecular flexibility index (Phi) is 5.58. The van der Waals surface area contributed by atoms with Gasteiger partial charge in [0.1, 0.15) is 11.3 Å². The molecule has 2 aromatic heterocycles. The molecular weight excluding hydrogens is 387 g/mol. The number of benzene rings is 2. The van der Waals surface area contributed by atoms with Crippen LogP contribution < -0.4 is 10.9 Å². The fourth-order valence-electron chi connectivity index (χ4n) is 3.41. The van der Waals surface area contributed by atoms with E-state index in [9.17, 15) is 14.0 Å². The number of rotatable bonds is 7. The molecule has 1 N–H and O–H groups in total. The number of hydrogen-bond acceptors (Lipinski definition) is 4. The molecule has 4 aromatic rings. The lowest BCUT2D eigenvalue weighted by Gasteiger charge is -2.13. The van der Waals surface area contributed by atoms with E-state index >= 15 is 0 Å². The maximum atomic E-state index is 13.3. The predicted molar refractivity (Wildman–Crippen MR) is 111 cm³/mol. The zero-order chi connectivity index (χ0) is 21.1. The Balaban J connectivity index is 1.78. The van der Waals surface area contributed by atoms with Crippen molar-refractivity contribution in [2.45, 2.75) is 13.0 Å². The second kappa shape index (κ2) is 8.46. The highest BCUT2D eigenvalue weighted by molar-refractivity contribution is 5.97. The molecule has 2 aromatic carbocycles. The van der Waals surface area contributed by atoms with Gasteiger partial charge < -0.3 is 14.6 Å². The molecule has 2 heterocycles. The van der Waals surface area contributed by atoms with Crippen molar-refractivity contribution < 1.29 is 13.9 Å². The Morgan fingerprint density at radius 1 is 1.10 bits per heavy atom. The molecule has 0 bridgehead atoms. The maximum absolute atomic E-state index is 13.3. The van der Waals surface area contributed by atoms with Gasteiger partial charge in [-0.05, 0) is 48.4 Å². The van der Waals surface area contributed by atoms with Crippen LogP contribution in [0, 0.1) is 5.82 Å². The van der Waals surface area contributed by atoms with Crippen molar-refractivity contribution in [1.29, 1.82) is 0 Å². The Bertz CT molecular complexity index is 1260. The van der Waals surface area contributed by atoms with Crippen LogP contribution in [0.5, 0.6) is 0 Å². The summed E-state index contributed by atoms with van der Waals surface area (Å²) in [6.45, 7) is 1.30. The molecule has 0 aliphatic carbocycles. The minimum absolute atomic E-state index is 0.227. The van der Waals surface area contributed by atoms with Crippen LogP contribution in [-0.2, 0) is 11.3 Å². The fourth-order valence-corrected chi connectivity index (χ4v) is 3.41. The number of hydrogen-bond donors (Lipinski definition) is 1. The van der Waals surface area contributed by atoms with Crippen molar-refractivity contribution in [1.82, 2.24) is 19.5 Å². The molecule has 0 aliphatic rings. The first kappa shape index (κ1) is 19.8. The van der Waals surface area contributed by atoms with Gasteiger partial charge in [0.15, 0.2) is 0 Å². The summed E-state index contributed by atoms with van der Waals surface area (Å²) in [6.07, 6.45) is 2.27. The van der Waals surface area contributed by atoms with Crippen LogP contribution in [0.3, 0.4) is 0 Å². The van der Waals surface area contributed by atoms with E-state index in [1.807, 2.05) is 0 Å². The van der Waals surface area contributed by atoms with Gasteiger partial charge in [0.25, 0.3) is 11.5 Å². The second-order valence-electron chi connectivity index (χ2n) is 6.95. The number of aromatic nitrogens is 3. The van der Waals surface area contributed by atoms with Gasteiger partial charge in [-0.3, -0.25) is 9.59 Å². The first-order chi connectivity index (χ1) is 14.6. The van der Waals surface area contributed by atoms with Gasteiger partial charge in [-0.25, -0.2) is 8.91 Å². The fraction of sp³-hybridized carbons (Fsp3) is 0.227. The summed E-state index contributed by atoms with van der Waals surface area (Å²) in [5, 5.41) is 7.10. The molecule has 30 heavy (non-hydrogen) atoms. The van der Waals surface area contributed by atoms with Gasteiger partial charge in [-0.2, -0.15) is 5.10 Å². The SMILES string of the molecule is COCCCNC(=O)c1ccc2c(c1)n(Cc1ccc(F)cc1)c(=O)c1ccnn12. The number of amides is 1. The van der Waals surface area contributed by atoms with Gasteiger partial charge >= 0.3 is 0 Å². The smallest absolute Gasteiger partial charge is 0.277 e. The van der Waals surface area contributed by atoms with E-state index in [1.54, 1.807) is 58.8 Å².